The molecule has 0 unspecified atom stereocenters. The zero-order valence-corrected chi connectivity index (χ0v) is 21.7. The molecule has 37 heavy (non-hydrogen) atoms. The first kappa shape index (κ1) is 27.8. The third kappa shape index (κ3) is 8.98. The first-order valence-electron chi connectivity index (χ1n) is 12.2. The largest absolute Gasteiger partial charge is 0.497 e. The molecule has 0 aliphatic carbocycles. The van der Waals surface area contributed by atoms with Gasteiger partial charge in [-0.25, -0.2) is 9.59 Å². The van der Waals surface area contributed by atoms with E-state index in [1.807, 2.05) is 20.8 Å². The van der Waals surface area contributed by atoms with E-state index in [0.29, 0.717) is 48.6 Å². The van der Waals surface area contributed by atoms with Crippen molar-refractivity contribution in [1.29, 1.82) is 0 Å². The average molecular weight is 514 g/mol. The molecule has 1 heterocycles. The summed E-state index contributed by atoms with van der Waals surface area (Å²) in [5.41, 5.74) is 0.774. The maximum Gasteiger partial charge on any atom is 0.411 e. The first-order chi connectivity index (χ1) is 17.6. The van der Waals surface area contributed by atoms with Crippen LogP contribution in [0.2, 0.25) is 0 Å². The molecule has 2 aromatic carbocycles. The van der Waals surface area contributed by atoms with Gasteiger partial charge in [0.2, 0.25) is 0 Å². The molecule has 0 spiro atoms. The van der Waals surface area contributed by atoms with Gasteiger partial charge in [0.1, 0.15) is 18.0 Å². The van der Waals surface area contributed by atoms with Gasteiger partial charge in [0, 0.05) is 18.7 Å². The number of piperidine rings is 1. The van der Waals surface area contributed by atoms with Crippen LogP contribution in [-0.2, 0) is 14.2 Å². The SMILES string of the molecule is COc1ccc(C(=O)Nc2ccccc2NC(=O)OCCOC2CCN(C(=O)OC(C)(C)C)CC2)cc1. The number of anilines is 2. The normalized spacial score (nSPS) is 14.0. The Balaban J connectivity index is 1.39. The van der Waals surface area contributed by atoms with Crippen LogP contribution in [0.15, 0.2) is 48.5 Å². The van der Waals surface area contributed by atoms with Crippen molar-refractivity contribution < 1.29 is 33.3 Å². The minimum absolute atomic E-state index is 0.0146. The summed E-state index contributed by atoms with van der Waals surface area (Å²) >= 11 is 0. The molecule has 3 amide bonds. The van der Waals surface area contributed by atoms with Gasteiger partial charge in [-0.2, -0.15) is 0 Å². The van der Waals surface area contributed by atoms with E-state index in [9.17, 15) is 14.4 Å². The van der Waals surface area contributed by atoms with Crippen molar-refractivity contribution in [3.05, 3.63) is 54.1 Å². The van der Waals surface area contributed by atoms with Gasteiger partial charge in [0.15, 0.2) is 0 Å². The van der Waals surface area contributed by atoms with Crippen molar-refractivity contribution in [1.82, 2.24) is 4.90 Å². The minimum Gasteiger partial charge on any atom is -0.497 e. The number of para-hydroxylation sites is 2. The van der Waals surface area contributed by atoms with Crippen LogP contribution in [0.5, 0.6) is 5.75 Å². The van der Waals surface area contributed by atoms with Crippen LogP contribution < -0.4 is 15.4 Å². The van der Waals surface area contributed by atoms with Crippen LogP contribution in [0, 0.1) is 0 Å². The Labute approximate surface area is 217 Å². The summed E-state index contributed by atoms with van der Waals surface area (Å²) in [4.78, 5) is 38.7. The molecular weight excluding hydrogens is 478 g/mol. The Bertz CT molecular complexity index is 1060. The van der Waals surface area contributed by atoms with Crippen molar-refractivity contribution in [3.8, 4) is 5.75 Å². The number of nitrogens with zero attached hydrogens (tertiary/aromatic N) is 1. The molecule has 1 aliphatic heterocycles. The average Bonchev–Trinajstić information content (AvgIpc) is 2.87. The number of amides is 3. The summed E-state index contributed by atoms with van der Waals surface area (Å²) in [5, 5.41) is 5.44. The van der Waals surface area contributed by atoms with E-state index < -0.39 is 11.7 Å². The summed E-state index contributed by atoms with van der Waals surface area (Å²) in [6.07, 6.45) is 0.388. The highest BCUT2D eigenvalue weighted by molar-refractivity contribution is 6.06. The van der Waals surface area contributed by atoms with Gasteiger partial charge in [-0.3, -0.25) is 10.1 Å². The Hall–Kier alpha value is -3.79. The van der Waals surface area contributed by atoms with Crippen LogP contribution in [0.25, 0.3) is 0 Å². The van der Waals surface area contributed by atoms with Crippen LogP contribution in [-0.4, -0.2) is 68.1 Å². The zero-order valence-electron chi connectivity index (χ0n) is 21.7. The Morgan fingerprint density at radius 3 is 2.14 bits per heavy atom. The van der Waals surface area contributed by atoms with Crippen LogP contribution >= 0.6 is 0 Å². The smallest absolute Gasteiger partial charge is 0.411 e. The lowest BCUT2D eigenvalue weighted by molar-refractivity contribution is -0.0208. The van der Waals surface area contributed by atoms with Gasteiger partial charge >= 0.3 is 12.2 Å². The fourth-order valence-electron chi connectivity index (χ4n) is 3.66. The van der Waals surface area contributed by atoms with Gasteiger partial charge in [-0.1, -0.05) is 12.1 Å². The highest BCUT2D eigenvalue weighted by Gasteiger charge is 2.27. The lowest BCUT2D eigenvalue weighted by Gasteiger charge is -2.33. The molecule has 0 radical (unpaired) electrons. The number of carbonyl (C=O) groups excluding carboxylic acids is 3. The summed E-state index contributed by atoms with van der Waals surface area (Å²) in [5.74, 6) is 0.327. The first-order valence-corrected chi connectivity index (χ1v) is 12.2. The number of nitrogens with one attached hydrogen (secondary N) is 2. The van der Waals surface area contributed by atoms with Crippen molar-refractivity contribution in [2.75, 3.05) is 44.0 Å². The Kier molecular flexibility index (Phi) is 9.73. The van der Waals surface area contributed by atoms with Crippen molar-refractivity contribution in [3.63, 3.8) is 0 Å². The number of hydrogen-bond donors (Lipinski definition) is 2. The molecule has 0 aromatic heterocycles. The third-order valence-electron chi connectivity index (χ3n) is 5.53. The fraction of sp³-hybridized carbons (Fsp3) is 0.444. The number of methoxy groups -OCH3 is 1. The number of rotatable bonds is 8. The second kappa shape index (κ2) is 13.0. The maximum atomic E-state index is 12.6. The fourth-order valence-corrected chi connectivity index (χ4v) is 3.66. The maximum absolute atomic E-state index is 12.6. The molecule has 10 nitrogen and oxygen atoms in total. The predicted octanol–water partition coefficient (Wildman–Crippen LogP) is 4.91. The third-order valence-corrected chi connectivity index (χ3v) is 5.53. The topological polar surface area (TPSA) is 115 Å². The number of carbonyl (C=O) groups is 3. The van der Waals surface area contributed by atoms with Gasteiger partial charge in [-0.15, -0.1) is 0 Å². The molecule has 2 aromatic rings. The highest BCUT2D eigenvalue weighted by Crippen LogP contribution is 2.23. The second-order valence-corrected chi connectivity index (χ2v) is 9.53. The van der Waals surface area contributed by atoms with Gasteiger partial charge < -0.3 is 29.2 Å². The molecule has 3 rings (SSSR count). The standard InChI is InChI=1S/C27H35N3O7/c1-27(2,3)37-26(33)30-15-13-21(14-16-30)35-17-18-36-25(32)29-23-8-6-5-7-22(23)28-24(31)19-9-11-20(34-4)12-10-19/h5-12,21H,13-18H2,1-4H3,(H,28,31)(H,29,32). The van der Waals surface area contributed by atoms with Gasteiger partial charge in [0.05, 0.1) is 31.2 Å². The van der Waals surface area contributed by atoms with E-state index in [-0.39, 0.29) is 31.3 Å². The molecule has 1 saturated heterocycles. The van der Waals surface area contributed by atoms with E-state index in [4.69, 9.17) is 18.9 Å². The Morgan fingerprint density at radius 1 is 0.919 bits per heavy atom. The molecule has 0 bridgehead atoms. The lowest BCUT2D eigenvalue weighted by atomic mass is 10.1. The van der Waals surface area contributed by atoms with Crippen LogP contribution in [0.4, 0.5) is 21.0 Å². The van der Waals surface area contributed by atoms with Crippen molar-refractivity contribution in [2.24, 2.45) is 0 Å². The molecule has 2 N–H and O–H groups in total. The second-order valence-electron chi connectivity index (χ2n) is 9.53. The number of ether oxygens (including phenoxy) is 4. The van der Waals surface area contributed by atoms with E-state index in [0.717, 1.165) is 0 Å². The number of benzene rings is 2. The quantitative estimate of drug-likeness (QED) is 0.482. The zero-order chi connectivity index (χ0) is 26.8. The predicted molar refractivity (Wildman–Crippen MR) is 139 cm³/mol. The number of likely N-dealkylation sites (tertiary alicyclic amines) is 1. The molecule has 10 heteroatoms. The molecule has 0 atom stereocenters. The number of hydrogen-bond acceptors (Lipinski definition) is 7. The highest BCUT2D eigenvalue weighted by atomic mass is 16.6. The summed E-state index contributed by atoms with van der Waals surface area (Å²) in [6, 6.07) is 13.5. The summed E-state index contributed by atoms with van der Waals surface area (Å²) < 4.78 is 21.6. The lowest BCUT2D eigenvalue weighted by Crippen LogP contribution is -2.43. The Morgan fingerprint density at radius 2 is 1.54 bits per heavy atom. The molecule has 1 fully saturated rings. The van der Waals surface area contributed by atoms with Crippen LogP contribution in [0.3, 0.4) is 0 Å². The van der Waals surface area contributed by atoms with Crippen molar-refractivity contribution in [2.45, 2.75) is 45.3 Å². The van der Waals surface area contributed by atoms with Gasteiger partial charge in [0.25, 0.3) is 5.91 Å². The van der Waals surface area contributed by atoms with E-state index in [1.165, 1.54) is 0 Å². The molecule has 0 saturated carbocycles. The molecular formula is C27H35N3O7. The minimum atomic E-state index is -0.658. The van der Waals surface area contributed by atoms with E-state index >= 15 is 0 Å². The van der Waals surface area contributed by atoms with Crippen molar-refractivity contribution >= 4 is 29.5 Å². The van der Waals surface area contributed by atoms with Crippen LogP contribution in [0.1, 0.15) is 44.0 Å². The molecule has 200 valence electrons. The molecule has 1 aliphatic rings. The summed E-state index contributed by atoms with van der Waals surface area (Å²) in [6.45, 7) is 6.94. The van der Waals surface area contributed by atoms with E-state index in [1.54, 1.807) is 60.5 Å². The monoisotopic (exact) mass is 513 g/mol. The summed E-state index contributed by atoms with van der Waals surface area (Å²) in [7, 11) is 1.56. The van der Waals surface area contributed by atoms with Gasteiger partial charge in [-0.05, 0) is 70.0 Å². The van der Waals surface area contributed by atoms with E-state index in [2.05, 4.69) is 10.6 Å².